The Labute approximate surface area is 185 Å². The second-order valence-electron chi connectivity index (χ2n) is 7.85. The van der Waals surface area contributed by atoms with Gasteiger partial charge in [-0.05, 0) is 83.6 Å². The molecule has 0 atom stereocenters. The van der Waals surface area contributed by atoms with Gasteiger partial charge in [0.25, 0.3) is 11.1 Å². The first-order valence-corrected chi connectivity index (χ1v) is 11.5. The van der Waals surface area contributed by atoms with Crippen LogP contribution in [0.25, 0.3) is 16.8 Å². The molecule has 0 saturated carbocycles. The molecule has 2 amide bonds. The Morgan fingerprint density at radius 3 is 2.65 bits per heavy atom. The van der Waals surface area contributed by atoms with Gasteiger partial charge in [0.05, 0.1) is 18.1 Å². The summed E-state index contributed by atoms with van der Waals surface area (Å²) in [5.41, 5.74) is 4.47. The molecule has 0 spiro atoms. The lowest BCUT2D eigenvalue weighted by Crippen LogP contribution is -2.27. The van der Waals surface area contributed by atoms with Crippen LogP contribution in [0.4, 0.5) is 4.79 Å². The molecule has 5 heteroatoms. The number of hydrogen-bond donors (Lipinski definition) is 0. The molecule has 0 radical (unpaired) electrons. The van der Waals surface area contributed by atoms with E-state index in [1.165, 1.54) is 16.0 Å². The van der Waals surface area contributed by atoms with Crippen molar-refractivity contribution in [1.82, 2.24) is 4.90 Å². The summed E-state index contributed by atoms with van der Waals surface area (Å²) < 4.78 is 5.84. The third-order valence-electron chi connectivity index (χ3n) is 5.89. The Balaban J connectivity index is 1.46. The quantitative estimate of drug-likeness (QED) is 0.469. The summed E-state index contributed by atoms with van der Waals surface area (Å²) in [4.78, 5) is 27.6. The normalized spacial score (nSPS) is 17.1. The first-order valence-electron chi connectivity index (χ1n) is 10.6. The number of rotatable bonds is 5. The van der Waals surface area contributed by atoms with Gasteiger partial charge in [0.2, 0.25) is 0 Å². The number of nitrogens with zero attached hydrogens (tertiary/aromatic N) is 1. The molecule has 0 bridgehead atoms. The van der Waals surface area contributed by atoms with Crippen LogP contribution in [0.5, 0.6) is 5.75 Å². The van der Waals surface area contributed by atoms with Crippen molar-refractivity contribution in [3.63, 3.8) is 0 Å². The molecule has 4 nitrogen and oxygen atoms in total. The molecule has 1 fully saturated rings. The minimum atomic E-state index is -0.245. The van der Waals surface area contributed by atoms with Gasteiger partial charge in [-0.15, -0.1) is 0 Å². The molecule has 5 rings (SSSR count). The molecule has 3 aromatic rings. The number of carbonyl (C=O) groups excluding carboxylic acids is 2. The summed E-state index contributed by atoms with van der Waals surface area (Å²) in [5, 5.41) is 1.93. The molecule has 1 aliphatic heterocycles. The first kappa shape index (κ1) is 19.9. The maximum atomic E-state index is 13.1. The fourth-order valence-corrected chi connectivity index (χ4v) is 5.22. The van der Waals surface area contributed by atoms with Gasteiger partial charge in [-0.25, -0.2) is 0 Å². The van der Waals surface area contributed by atoms with E-state index in [9.17, 15) is 9.59 Å². The highest BCUT2D eigenvalue weighted by atomic mass is 32.2. The molecule has 31 heavy (non-hydrogen) atoms. The Hall–Kier alpha value is -3.05. The van der Waals surface area contributed by atoms with Gasteiger partial charge in [-0.2, -0.15) is 0 Å². The molecule has 156 valence electrons. The van der Waals surface area contributed by atoms with E-state index in [-0.39, 0.29) is 17.7 Å². The molecule has 2 aliphatic rings. The number of imide groups is 1. The molecule has 0 unspecified atom stereocenters. The number of ether oxygens (including phenoxy) is 1. The number of thioether (sulfide) groups is 1. The van der Waals surface area contributed by atoms with Crippen LogP contribution in [0.1, 0.15) is 35.6 Å². The summed E-state index contributed by atoms with van der Waals surface area (Å²) >= 11 is 1.00. The fourth-order valence-electron chi connectivity index (χ4n) is 4.39. The van der Waals surface area contributed by atoms with Crippen LogP contribution in [0.2, 0.25) is 0 Å². The maximum absolute atomic E-state index is 13.1. The molecule has 1 heterocycles. The van der Waals surface area contributed by atoms with E-state index in [4.69, 9.17) is 4.74 Å². The minimum Gasteiger partial charge on any atom is -0.493 e. The Bertz CT molecular complexity index is 1230. The third-order valence-corrected chi connectivity index (χ3v) is 6.80. The topological polar surface area (TPSA) is 46.6 Å². The molecule has 0 N–H and O–H groups in total. The van der Waals surface area contributed by atoms with E-state index in [0.717, 1.165) is 58.7 Å². The van der Waals surface area contributed by atoms with Crippen molar-refractivity contribution in [3.8, 4) is 5.75 Å². The lowest BCUT2D eigenvalue weighted by molar-refractivity contribution is -0.123. The van der Waals surface area contributed by atoms with E-state index in [2.05, 4.69) is 12.1 Å². The Kier molecular flexibility index (Phi) is 5.28. The number of hydrogen-bond acceptors (Lipinski definition) is 4. The van der Waals surface area contributed by atoms with Gasteiger partial charge in [0.15, 0.2) is 0 Å². The Morgan fingerprint density at radius 2 is 1.81 bits per heavy atom. The van der Waals surface area contributed by atoms with Crippen molar-refractivity contribution in [1.29, 1.82) is 0 Å². The largest absolute Gasteiger partial charge is 0.493 e. The van der Waals surface area contributed by atoms with Gasteiger partial charge in [0, 0.05) is 5.56 Å². The summed E-state index contributed by atoms with van der Waals surface area (Å²) in [5.74, 6) is 0.537. The van der Waals surface area contributed by atoms with Crippen LogP contribution in [0.3, 0.4) is 0 Å². The van der Waals surface area contributed by atoms with Crippen LogP contribution in [0.15, 0.2) is 59.5 Å². The molecule has 3 aromatic carbocycles. The van der Waals surface area contributed by atoms with Gasteiger partial charge >= 0.3 is 0 Å². The van der Waals surface area contributed by atoms with Crippen LogP contribution >= 0.6 is 11.8 Å². The lowest BCUT2D eigenvalue weighted by atomic mass is 10.0. The predicted molar refractivity (Wildman–Crippen MR) is 125 cm³/mol. The van der Waals surface area contributed by atoms with Gasteiger partial charge in [-0.1, -0.05) is 42.5 Å². The van der Waals surface area contributed by atoms with E-state index < -0.39 is 0 Å². The highest BCUT2D eigenvalue weighted by molar-refractivity contribution is 8.18. The van der Waals surface area contributed by atoms with E-state index in [0.29, 0.717) is 11.5 Å². The fraction of sp³-hybridized carbons (Fsp3) is 0.231. The zero-order valence-corrected chi connectivity index (χ0v) is 18.2. The summed E-state index contributed by atoms with van der Waals surface area (Å²) in [6, 6.07) is 18.2. The highest BCUT2D eigenvalue weighted by Crippen LogP contribution is 2.37. The zero-order valence-electron chi connectivity index (χ0n) is 17.4. The van der Waals surface area contributed by atoms with Gasteiger partial charge < -0.3 is 4.74 Å². The van der Waals surface area contributed by atoms with Crippen molar-refractivity contribution < 1.29 is 14.3 Å². The minimum absolute atomic E-state index is 0.233. The van der Waals surface area contributed by atoms with Crippen LogP contribution in [-0.2, 0) is 24.2 Å². The van der Waals surface area contributed by atoms with Crippen molar-refractivity contribution in [2.45, 2.75) is 32.7 Å². The Morgan fingerprint density at radius 1 is 1.03 bits per heavy atom. The van der Waals surface area contributed by atoms with Crippen LogP contribution < -0.4 is 4.74 Å². The average Bonchev–Trinajstić information content (AvgIpc) is 3.33. The maximum Gasteiger partial charge on any atom is 0.293 e. The molecular weight excluding hydrogens is 406 g/mol. The van der Waals surface area contributed by atoms with Crippen LogP contribution in [0, 0.1) is 0 Å². The molecular formula is C26H23NO3S. The second-order valence-corrected chi connectivity index (χ2v) is 8.84. The number of aryl methyl sites for hydroxylation is 2. The summed E-state index contributed by atoms with van der Waals surface area (Å²) in [6.07, 6.45) is 5.08. The van der Waals surface area contributed by atoms with Crippen molar-refractivity contribution in [2.24, 2.45) is 0 Å². The summed E-state index contributed by atoms with van der Waals surface area (Å²) in [7, 11) is 0. The van der Waals surface area contributed by atoms with Crippen molar-refractivity contribution in [3.05, 3.63) is 81.8 Å². The highest BCUT2D eigenvalue weighted by Gasteiger charge is 2.35. The van der Waals surface area contributed by atoms with Gasteiger partial charge in [-0.3, -0.25) is 14.5 Å². The van der Waals surface area contributed by atoms with Gasteiger partial charge in [0.1, 0.15) is 5.75 Å². The smallest absolute Gasteiger partial charge is 0.293 e. The number of fused-ring (bicyclic) bond motifs is 2. The number of amides is 2. The average molecular weight is 430 g/mol. The van der Waals surface area contributed by atoms with E-state index in [1.54, 1.807) is 0 Å². The number of carbonyl (C=O) groups is 2. The lowest BCUT2D eigenvalue weighted by Gasteiger charge is -2.14. The molecule has 1 aliphatic carbocycles. The molecule has 1 saturated heterocycles. The zero-order chi connectivity index (χ0) is 21.4. The third kappa shape index (κ3) is 3.74. The van der Waals surface area contributed by atoms with E-state index in [1.807, 2.05) is 55.5 Å². The number of benzene rings is 3. The SMILES string of the molecule is CCOc1cc2c(cc1C=C1SC(=O)N(Cc3cccc4ccccc34)C1=O)CCC2. The standard InChI is InChI=1S/C26H23NO3S/c1-2-30-23-14-19-10-6-9-18(19)13-21(23)15-24-25(28)27(26(29)31-24)16-20-11-5-8-17-7-3-4-12-22(17)20/h3-5,7-8,11-15H,2,6,9-10,16H2,1H3. The second kappa shape index (κ2) is 8.23. The van der Waals surface area contributed by atoms with E-state index >= 15 is 0 Å². The first-order chi connectivity index (χ1) is 15.1. The predicted octanol–water partition coefficient (Wildman–Crippen LogP) is 5.96. The van der Waals surface area contributed by atoms with Crippen molar-refractivity contribution in [2.75, 3.05) is 6.61 Å². The van der Waals surface area contributed by atoms with Crippen molar-refractivity contribution >= 4 is 39.8 Å². The summed E-state index contributed by atoms with van der Waals surface area (Å²) in [6.45, 7) is 2.78. The van der Waals surface area contributed by atoms with Crippen LogP contribution in [-0.4, -0.2) is 22.7 Å². The monoisotopic (exact) mass is 429 g/mol. The molecule has 0 aromatic heterocycles.